The summed E-state index contributed by atoms with van der Waals surface area (Å²) >= 11 is 13.9. The molecule has 1 atom stereocenters. The fourth-order valence-corrected chi connectivity index (χ4v) is 4.78. The van der Waals surface area contributed by atoms with E-state index in [4.69, 9.17) is 23.2 Å². The van der Waals surface area contributed by atoms with Gasteiger partial charge in [-0.2, -0.15) is 0 Å². The van der Waals surface area contributed by atoms with E-state index in [2.05, 4.69) is 5.32 Å². The van der Waals surface area contributed by atoms with Crippen molar-refractivity contribution in [2.45, 2.75) is 44.7 Å². The van der Waals surface area contributed by atoms with Crippen LogP contribution < -0.4 is 5.32 Å². The zero-order valence-electron chi connectivity index (χ0n) is 20.8. The Morgan fingerprint density at radius 2 is 1.61 bits per heavy atom. The van der Waals surface area contributed by atoms with Gasteiger partial charge in [0.15, 0.2) is 0 Å². The Hall–Kier alpha value is -2.47. The summed E-state index contributed by atoms with van der Waals surface area (Å²) in [6.07, 6.45) is 0.410. The summed E-state index contributed by atoms with van der Waals surface area (Å²) in [6.45, 7) is 6.91. The molecule has 0 saturated heterocycles. The van der Waals surface area contributed by atoms with Gasteiger partial charge in [0.25, 0.3) is 0 Å². The number of nitrogens with one attached hydrogen (secondary N) is 1. The van der Waals surface area contributed by atoms with E-state index in [0.29, 0.717) is 28.9 Å². The molecule has 0 spiro atoms. The van der Waals surface area contributed by atoms with E-state index in [0.717, 1.165) is 21.6 Å². The van der Waals surface area contributed by atoms with E-state index < -0.39 is 6.04 Å². The lowest BCUT2D eigenvalue weighted by Crippen LogP contribution is -2.51. The number of aryl methyl sites for hydroxylation is 1. The second-order valence-corrected chi connectivity index (χ2v) is 11.1. The van der Waals surface area contributed by atoms with Gasteiger partial charge in [-0.1, -0.05) is 91.1 Å². The summed E-state index contributed by atoms with van der Waals surface area (Å²) in [4.78, 5) is 29.8. The van der Waals surface area contributed by atoms with E-state index in [1.807, 2.05) is 81.4 Å². The standard InChI is InChI=1S/C29H32Cl2N2O2S/c1-20(2)17-32-29(35)27(16-22-7-5-4-6-8-22)33(18-23-11-14-25(30)26(31)15-23)28(34)19-36-24-12-9-21(3)10-13-24/h4-15,20,27H,16-19H2,1-3H3,(H,32,35)/t27-/m1/s1. The average molecular weight is 544 g/mol. The maximum Gasteiger partial charge on any atom is 0.243 e. The quantitative estimate of drug-likeness (QED) is 0.271. The topological polar surface area (TPSA) is 49.4 Å². The van der Waals surface area contributed by atoms with Gasteiger partial charge in [-0.3, -0.25) is 9.59 Å². The number of carbonyl (C=O) groups excluding carboxylic acids is 2. The molecule has 1 N–H and O–H groups in total. The van der Waals surface area contributed by atoms with E-state index in [-0.39, 0.29) is 24.1 Å². The van der Waals surface area contributed by atoms with Crippen molar-refractivity contribution in [3.63, 3.8) is 0 Å². The molecule has 0 unspecified atom stereocenters. The summed E-state index contributed by atoms with van der Waals surface area (Å²) in [7, 11) is 0. The zero-order valence-corrected chi connectivity index (χ0v) is 23.2. The normalized spacial score (nSPS) is 11.8. The van der Waals surface area contributed by atoms with Crippen molar-refractivity contribution in [3.05, 3.63) is 99.5 Å². The van der Waals surface area contributed by atoms with Crippen LogP contribution in [0.25, 0.3) is 0 Å². The second kappa shape index (κ2) is 13.7. The molecule has 0 aliphatic rings. The van der Waals surface area contributed by atoms with E-state index >= 15 is 0 Å². The van der Waals surface area contributed by atoms with Crippen LogP contribution in [-0.4, -0.2) is 35.1 Å². The van der Waals surface area contributed by atoms with Gasteiger partial charge in [0.1, 0.15) is 6.04 Å². The van der Waals surface area contributed by atoms with Gasteiger partial charge in [0.05, 0.1) is 15.8 Å². The van der Waals surface area contributed by atoms with Crippen LogP contribution in [0, 0.1) is 12.8 Å². The highest BCUT2D eigenvalue weighted by molar-refractivity contribution is 8.00. The summed E-state index contributed by atoms with van der Waals surface area (Å²) in [6, 6.07) is 22.5. The Kier molecular flexibility index (Phi) is 10.7. The lowest BCUT2D eigenvalue weighted by atomic mass is 10.0. The lowest BCUT2D eigenvalue weighted by Gasteiger charge is -2.32. The number of nitrogens with zero attached hydrogens (tertiary/aromatic N) is 1. The van der Waals surface area contributed by atoms with Crippen LogP contribution in [0.2, 0.25) is 10.0 Å². The number of rotatable bonds is 11. The van der Waals surface area contributed by atoms with Crippen molar-refractivity contribution < 1.29 is 9.59 Å². The first-order valence-corrected chi connectivity index (χ1v) is 13.7. The van der Waals surface area contributed by atoms with E-state index in [9.17, 15) is 9.59 Å². The van der Waals surface area contributed by atoms with Crippen LogP contribution in [0.15, 0.2) is 77.7 Å². The molecule has 4 nitrogen and oxygen atoms in total. The van der Waals surface area contributed by atoms with Crippen molar-refractivity contribution in [2.75, 3.05) is 12.3 Å². The fraction of sp³-hybridized carbons (Fsp3) is 0.310. The molecule has 3 rings (SSSR count). The van der Waals surface area contributed by atoms with E-state index in [1.165, 1.54) is 11.8 Å². The molecule has 0 bridgehead atoms. The van der Waals surface area contributed by atoms with Crippen LogP contribution in [0.5, 0.6) is 0 Å². The molecule has 190 valence electrons. The molecule has 2 amide bonds. The first-order valence-electron chi connectivity index (χ1n) is 12.0. The second-order valence-electron chi connectivity index (χ2n) is 9.22. The zero-order chi connectivity index (χ0) is 26.1. The number of thioether (sulfide) groups is 1. The number of carbonyl (C=O) groups is 2. The van der Waals surface area contributed by atoms with Crippen molar-refractivity contribution in [3.8, 4) is 0 Å². The fourth-order valence-electron chi connectivity index (χ4n) is 3.67. The third-order valence-corrected chi connectivity index (χ3v) is 7.41. The Balaban J connectivity index is 1.91. The molecule has 0 aliphatic carbocycles. The summed E-state index contributed by atoms with van der Waals surface area (Å²) < 4.78 is 0. The highest BCUT2D eigenvalue weighted by Gasteiger charge is 2.30. The minimum atomic E-state index is -0.674. The highest BCUT2D eigenvalue weighted by atomic mass is 35.5. The Morgan fingerprint density at radius 3 is 2.25 bits per heavy atom. The van der Waals surface area contributed by atoms with Crippen molar-refractivity contribution in [1.82, 2.24) is 10.2 Å². The molecular weight excluding hydrogens is 511 g/mol. The molecular formula is C29H32Cl2N2O2S. The smallest absolute Gasteiger partial charge is 0.243 e. The average Bonchev–Trinajstić information content (AvgIpc) is 2.86. The molecule has 0 radical (unpaired) electrons. The van der Waals surface area contributed by atoms with Crippen molar-refractivity contribution in [1.29, 1.82) is 0 Å². The molecule has 36 heavy (non-hydrogen) atoms. The van der Waals surface area contributed by atoms with Crippen molar-refractivity contribution >= 4 is 46.8 Å². The van der Waals surface area contributed by atoms with E-state index in [1.54, 1.807) is 17.0 Å². The van der Waals surface area contributed by atoms with Gasteiger partial charge in [0, 0.05) is 24.4 Å². The minimum Gasteiger partial charge on any atom is -0.354 e. The van der Waals surface area contributed by atoms with Gasteiger partial charge in [-0.25, -0.2) is 0 Å². The van der Waals surface area contributed by atoms with Gasteiger partial charge >= 0.3 is 0 Å². The molecule has 7 heteroatoms. The van der Waals surface area contributed by atoms with Crippen LogP contribution in [0.3, 0.4) is 0 Å². The molecule has 0 saturated carbocycles. The number of hydrogen-bond acceptors (Lipinski definition) is 3. The Bertz CT molecular complexity index is 1150. The van der Waals surface area contributed by atoms with Crippen LogP contribution in [0.1, 0.15) is 30.5 Å². The van der Waals surface area contributed by atoms with Crippen LogP contribution in [-0.2, 0) is 22.6 Å². The number of hydrogen-bond donors (Lipinski definition) is 1. The maximum atomic E-state index is 13.7. The lowest BCUT2D eigenvalue weighted by molar-refractivity contribution is -0.139. The number of halogens is 2. The molecule has 0 fully saturated rings. The van der Waals surface area contributed by atoms with Crippen LogP contribution >= 0.6 is 35.0 Å². The Labute approximate surface area is 228 Å². The highest BCUT2D eigenvalue weighted by Crippen LogP contribution is 2.25. The minimum absolute atomic E-state index is 0.118. The monoisotopic (exact) mass is 542 g/mol. The SMILES string of the molecule is Cc1ccc(SCC(=O)N(Cc2ccc(Cl)c(Cl)c2)[C@H](Cc2ccccc2)C(=O)NCC(C)C)cc1. The molecule has 0 aliphatic heterocycles. The summed E-state index contributed by atoms with van der Waals surface area (Å²) in [5.41, 5.74) is 2.96. The van der Waals surface area contributed by atoms with Gasteiger partial charge in [-0.15, -0.1) is 11.8 Å². The molecule has 3 aromatic carbocycles. The van der Waals surface area contributed by atoms with Gasteiger partial charge < -0.3 is 10.2 Å². The summed E-state index contributed by atoms with van der Waals surface area (Å²) in [5.74, 6) is 0.226. The number of amides is 2. The van der Waals surface area contributed by atoms with Gasteiger partial charge in [0.2, 0.25) is 11.8 Å². The third-order valence-electron chi connectivity index (χ3n) is 5.68. The van der Waals surface area contributed by atoms with Crippen LogP contribution in [0.4, 0.5) is 0 Å². The number of benzene rings is 3. The van der Waals surface area contributed by atoms with Crippen molar-refractivity contribution in [2.24, 2.45) is 5.92 Å². The van der Waals surface area contributed by atoms with Gasteiger partial charge in [-0.05, 0) is 48.2 Å². The largest absolute Gasteiger partial charge is 0.354 e. The third kappa shape index (κ3) is 8.58. The maximum absolute atomic E-state index is 13.7. The predicted octanol–water partition coefficient (Wildman–Crippen LogP) is 6.81. The molecule has 0 aromatic heterocycles. The molecule has 0 heterocycles. The summed E-state index contributed by atoms with van der Waals surface area (Å²) in [5, 5.41) is 3.90. The Morgan fingerprint density at radius 1 is 0.917 bits per heavy atom. The first kappa shape index (κ1) is 28.1. The first-order chi connectivity index (χ1) is 17.2. The molecule has 3 aromatic rings. The predicted molar refractivity (Wildman–Crippen MR) is 151 cm³/mol.